The highest BCUT2D eigenvalue weighted by Crippen LogP contribution is 2.36. The number of hydrogen-bond donors (Lipinski definition) is 1. The van der Waals surface area contributed by atoms with Crippen molar-refractivity contribution in [2.45, 2.75) is 31.7 Å². The van der Waals surface area contributed by atoms with E-state index in [-0.39, 0.29) is 5.91 Å². The van der Waals surface area contributed by atoms with Gasteiger partial charge < -0.3 is 10.2 Å². The molecule has 1 amide bonds. The first-order chi connectivity index (χ1) is 9.65. The van der Waals surface area contributed by atoms with Gasteiger partial charge in [-0.1, -0.05) is 0 Å². The zero-order valence-corrected chi connectivity index (χ0v) is 15.2. The number of nitrogens with zero attached hydrogens (tertiary/aromatic N) is 1. The standard InChI is InChI=1S/C14H18Br2N2OS/c15-12-6-11(13(16)20-12)14(19)18(10-3-4-10)8-9-2-1-5-17-7-9/h6,9-10,17H,1-5,7-8H2. The lowest BCUT2D eigenvalue weighted by Crippen LogP contribution is -2.42. The molecule has 3 nitrogen and oxygen atoms in total. The Hall–Kier alpha value is 0.0900. The third-order valence-corrected chi connectivity index (χ3v) is 6.33. The monoisotopic (exact) mass is 420 g/mol. The van der Waals surface area contributed by atoms with E-state index in [4.69, 9.17) is 0 Å². The third kappa shape index (κ3) is 3.46. The Balaban J connectivity index is 1.72. The maximum Gasteiger partial charge on any atom is 0.256 e. The lowest BCUT2D eigenvalue weighted by atomic mass is 9.98. The van der Waals surface area contributed by atoms with Gasteiger partial charge in [0.2, 0.25) is 0 Å². The fraction of sp³-hybridized carbons (Fsp3) is 0.643. The molecule has 0 radical (unpaired) electrons. The van der Waals surface area contributed by atoms with Crippen molar-refractivity contribution in [3.05, 3.63) is 19.2 Å². The molecule has 110 valence electrons. The first kappa shape index (κ1) is 15.0. The summed E-state index contributed by atoms with van der Waals surface area (Å²) in [7, 11) is 0. The van der Waals surface area contributed by atoms with Crippen LogP contribution in [0.25, 0.3) is 0 Å². The van der Waals surface area contributed by atoms with Gasteiger partial charge in [-0.2, -0.15) is 0 Å². The SMILES string of the molecule is O=C(c1cc(Br)sc1Br)N(CC1CCCNC1)C1CC1. The molecule has 2 aliphatic rings. The zero-order valence-electron chi connectivity index (χ0n) is 11.2. The topological polar surface area (TPSA) is 32.3 Å². The fourth-order valence-corrected chi connectivity index (χ4v) is 5.56. The van der Waals surface area contributed by atoms with Crippen LogP contribution in [0, 0.1) is 5.92 Å². The van der Waals surface area contributed by atoms with E-state index in [0.717, 1.165) is 45.6 Å². The van der Waals surface area contributed by atoms with Gasteiger partial charge >= 0.3 is 0 Å². The van der Waals surface area contributed by atoms with Gasteiger partial charge in [-0.3, -0.25) is 4.79 Å². The van der Waals surface area contributed by atoms with E-state index in [1.54, 1.807) is 11.3 Å². The van der Waals surface area contributed by atoms with Crippen molar-refractivity contribution in [3.63, 3.8) is 0 Å². The van der Waals surface area contributed by atoms with Gasteiger partial charge in [-0.25, -0.2) is 0 Å². The Morgan fingerprint density at radius 2 is 2.20 bits per heavy atom. The predicted octanol–water partition coefficient (Wildman–Crippen LogP) is 3.88. The van der Waals surface area contributed by atoms with E-state index in [0.29, 0.717) is 12.0 Å². The number of hydrogen-bond acceptors (Lipinski definition) is 3. The highest BCUT2D eigenvalue weighted by Gasteiger charge is 2.35. The molecular weight excluding hydrogens is 404 g/mol. The predicted molar refractivity (Wildman–Crippen MR) is 89.4 cm³/mol. The van der Waals surface area contributed by atoms with Crippen LogP contribution in [0.3, 0.4) is 0 Å². The van der Waals surface area contributed by atoms with Crippen molar-refractivity contribution < 1.29 is 4.79 Å². The van der Waals surface area contributed by atoms with E-state index < -0.39 is 0 Å². The van der Waals surface area contributed by atoms with Crippen LogP contribution in [-0.4, -0.2) is 36.5 Å². The van der Waals surface area contributed by atoms with Crippen LogP contribution < -0.4 is 5.32 Å². The second-order valence-electron chi connectivity index (χ2n) is 5.64. The number of thiophene rings is 1. The van der Waals surface area contributed by atoms with Gasteiger partial charge in [0.05, 0.1) is 13.1 Å². The lowest BCUT2D eigenvalue weighted by molar-refractivity contribution is 0.0704. The molecule has 1 aliphatic heterocycles. The van der Waals surface area contributed by atoms with Gasteiger partial charge in [-0.05, 0) is 82.6 Å². The molecule has 2 heterocycles. The van der Waals surface area contributed by atoms with E-state index in [1.165, 1.54) is 12.8 Å². The van der Waals surface area contributed by atoms with E-state index in [1.807, 2.05) is 6.07 Å². The maximum atomic E-state index is 12.8. The van der Waals surface area contributed by atoms with Crippen molar-refractivity contribution in [3.8, 4) is 0 Å². The van der Waals surface area contributed by atoms with Crippen LogP contribution in [0.1, 0.15) is 36.0 Å². The molecule has 1 aliphatic carbocycles. The summed E-state index contributed by atoms with van der Waals surface area (Å²) in [6, 6.07) is 2.40. The number of amides is 1. The summed E-state index contributed by atoms with van der Waals surface area (Å²) in [5.41, 5.74) is 0.803. The highest BCUT2D eigenvalue weighted by molar-refractivity contribution is 9.12. The van der Waals surface area contributed by atoms with Crippen molar-refractivity contribution in [2.75, 3.05) is 19.6 Å². The number of carbonyl (C=O) groups excluding carboxylic acids is 1. The van der Waals surface area contributed by atoms with Crippen LogP contribution in [0.4, 0.5) is 0 Å². The summed E-state index contributed by atoms with van der Waals surface area (Å²) in [6.07, 6.45) is 4.78. The summed E-state index contributed by atoms with van der Waals surface area (Å²) < 4.78 is 1.93. The summed E-state index contributed by atoms with van der Waals surface area (Å²) in [5, 5.41) is 3.44. The van der Waals surface area contributed by atoms with Crippen molar-refractivity contribution >= 4 is 49.1 Å². The molecule has 1 aromatic heterocycles. The second kappa shape index (κ2) is 6.46. The molecular formula is C14H18Br2N2OS. The van der Waals surface area contributed by atoms with Gasteiger partial charge in [-0.15, -0.1) is 11.3 Å². The molecule has 0 aromatic carbocycles. The minimum Gasteiger partial charge on any atom is -0.335 e. The van der Waals surface area contributed by atoms with Crippen molar-refractivity contribution in [2.24, 2.45) is 5.92 Å². The molecule has 1 N–H and O–H groups in total. The summed E-state index contributed by atoms with van der Waals surface area (Å²) >= 11 is 8.54. The molecule has 1 atom stereocenters. The molecule has 3 rings (SSSR count). The molecule has 6 heteroatoms. The zero-order chi connectivity index (χ0) is 14.1. The third-order valence-electron chi connectivity index (χ3n) is 3.99. The molecule has 1 unspecified atom stereocenters. The molecule has 20 heavy (non-hydrogen) atoms. The summed E-state index contributed by atoms with van der Waals surface area (Å²) in [6.45, 7) is 3.07. The number of carbonyl (C=O) groups is 1. The maximum absolute atomic E-state index is 12.8. The minimum atomic E-state index is 0.187. The van der Waals surface area contributed by atoms with Gasteiger partial charge in [0.1, 0.15) is 0 Å². The van der Waals surface area contributed by atoms with Crippen LogP contribution in [0.2, 0.25) is 0 Å². The lowest BCUT2D eigenvalue weighted by Gasteiger charge is -2.30. The minimum absolute atomic E-state index is 0.187. The first-order valence-corrected chi connectivity index (χ1v) is 9.52. The quantitative estimate of drug-likeness (QED) is 0.799. The smallest absolute Gasteiger partial charge is 0.256 e. The Morgan fingerprint density at radius 1 is 1.40 bits per heavy atom. The highest BCUT2D eigenvalue weighted by atomic mass is 79.9. The van der Waals surface area contributed by atoms with E-state index in [2.05, 4.69) is 42.1 Å². The Bertz CT molecular complexity index is 495. The Labute approximate surface area is 140 Å². The molecule has 0 spiro atoms. The molecule has 1 saturated heterocycles. The fourth-order valence-electron chi connectivity index (χ4n) is 2.78. The molecule has 0 bridgehead atoms. The number of halogens is 2. The average Bonchev–Trinajstić information content (AvgIpc) is 3.22. The first-order valence-electron chi connectivity index (χ1n) is 7.11. The van der Waals surface area contributed by atoms with Gasteiger partial charge in [0.25, 0.3) is 5.91 Å². The second-order valence-corrected chi connectivity index (χ2v) is 9.39. The van der Waals surface area contributed by atoms with Crippen LogP contribution in [-0.2, 0) is 0 Å². The number of piperidine rings is 1. The van der Waals surface area contributed by atoms with Gasteiger partial charge in [0.15, 0.2) is 0 Å². The van der Waals surface area contributed by atoms with Gasteiger partial charge in [0, 0.05) is 12.6 Å². The van der Waals surface area contributed by atoms with Crippen molar-refractivity contribution in [1.29, 1.82) is 0 Å². The normalized spacial score (nSPS) is 22.8. The van der Waals surface area contributed by atoms with Crippen LogP contribution in [0.15, 0.2) is 13.6 Å². The van der Waals surface area contributed by atoms with Crippen molar-refractivity contribution in [1.82, 2.24) is 10.2 Å². The van der Waals surface area contributed by atoms with Crippen LogP contribution in [0.5, 0.6) is 0 Å². The van der Waals surface area contributed by atoms with E-state index in [9.17, 15) is 4.79 Å². The molecule has 1 saturated carbocycles. The molecule has 2 fully saturated rings. The van der Waals surface area contributed by atoms with Crippen LogP contribution >= 0.6 is 43.2 Å². The Morgan fingerprint density at radius 3 is 2.75 bits per heavy atom. The summed E-state index contributed by atoms with van der Waals surface area (Å²) in [4.78, 5) is 14.9. The van der Waals surface area contributed by atoms with E-state index >= 15 is 0 Å². The number of nitrogens with one attached hydrogen (secondary N) is 1. The summed E-state index contributed by atoms with van der Waals surface area (Å²) in [5.74, 6) is 0.793. The largest absolute Gasteiger partial charge is 0.335 e. The number of rotatable bonds is 4. The molecule has 1 aromatic rings. The Kier molecular flexibility index (Phi) is 4.85. The average molecular weight is 422 g/mol.